The van der Waals surface area contributed by atoms with Crippen LogP contribution < -0.4 is 10.6 Å². The zero-order valence-electron chi connectivity index (χ0n) is 24.6. The predicted molar refractivity (Wildman–Crippen MR) is 171 cm³/mol. The smallest absolute Gasteiger partial charge is 0.249 e. The second-order valence-electron chi connectivity index (χ2n) is 10.8. The van der Waals surface area contributed by atoms with E-state index >= 15 is 0 Å². The van der Waals surface area contributed by atoms with Crippen LogP contribution in [-0.4, -0.2) is 46.9 Å². The molecule has 0 saturated heterocycles. The molecular weight excluding hydrogens is 567 g/mol. The summed E-state index contributed by atoms with van der Waals surface area (Å²) in [6, 6.07) is 6.42. The number of hydrogen-bond donors (Lipinski definition) is 3. The summed E-state index contributed by atoms with van der Waals surface area (Å²) in [5.41, 5.74) is 4.73. The van der Waals surface area contributed by atoms with Gasteiger partial charge in [-0.3, -0.25) is 9.89 Å². The lowest BCUT2D eigenvalue weighted by Crippen LogP contribution is -2.21. The quantitative estimate of drug-likeness (QED) is 0.173. The molecule has 0 amide bonds. The number of H-pyrrole nitrogens is 1. The Morgan fingerprint density at radius 2 is 1.67 bits per heavy atom. The summed E-state index contributed by atoms with van der Waals surface area (Å²) < 4.78 is 1.38. The first-order valence-electron chi connectivity index (χ1n) is 14.3. The molecule has 1 aliphatic rings. The fraction of sp³-hybridized carbons (Fsp3) is 0.400. The monoisotopic (exact) mass is 603 g/mol. The van der Waals surface area contributed by atoms with Crippen LogP contribution in [0.1, 0.15) is 66.2 Å². The molecule has 0 aliphatic heterocycles. The van der Waals surface area contributed by atoms with Crippen LogP contribution in [0.2, 0.25) is 0 Å². The van der Waals surface area contributed by atoms with Crippen molar-refractivity contribution in [3.8, 4) is 22.5 Å². The van der Waals surface area contributed by atoms with Crippen molar-refractivity contribution in [2.75, 3.05) is 10.6 Å². The second kappa shape index (κ2) is 13.4. The molecule has 3 N–H and O–H groups in total. The van der Waals surface area contributed by atoms with E-state index in [0.717, 1.165) is 49.2 Å². The molecule has 1 saturated carbocycles. The molecular formula is C30H37N9OS2. The third kappa shape index (κ3) is 7.29. The van der Waals surface area contributed by atoms with Gasteiger partial charge >= 0.3 is 0 Å². The lowest BCUT2D eigenvalue weighted by molar-refractivity contribution is 0.0838. The molecule has 0 radical (unpaired) electrons. The number of nitrogens with zero attached hydrogens (tertiary/aromatic N) is 6. The summed E-state index contributed by atoms with van der Waals surface area (Å²) >= 11 is 3.29. The van der Waals surface area contributed by atoms with Crippen molar-refractivity contribution in [2.45, 2.75) is 72.8 Å². The number of aryl methyl sites for hydroxylation is 3. The van der Waals surface area contributed by atoms with Gasteiger partial charge in [-0.25, -0.2) is 19.6 Å². The van der Waals surface area contributed by atoms with Gasteiger partial charge in [-0.15, -0.1) is 22.7 Å². The Balaban J connectivity index is 0.000000175. The van der Waals surface area contributed by atoms with Crippen molar-refractivity contribution in [3.63, 3.8) is 0 Å². The van der Waals surface area contributed by atoms with Crippen molar-refractivity contribution in [1.82, 2.24) is 34.9 Å². The van der Waals surface area contributed by atoms with Crippen molar-refractivity contribution in [3.05, 3.63) is 58.4 Å². The second-order valence-corrected chi connectivity index (χ2v) is 13.2. The van der Waals surface area contributed by atoms with E-state index in [2.05, 4.69) is 42.8 Å². The first kappa shape index (κ1) is 29.6. The summed E-state index contributed by atoms with van der Waals surface area (Å²) in [6.45, 7) is 9.78. The molecule has 0 atom stereocenters. The highest BCUT2D eigenvalue weighted by Gasteiger charge is 2.18. The van der Waals surface area contributed by atoms with E-state index in [1.165, 1.54) is 41.7 Å². The molecule has 6 rings (SSSR count). The highest BCUT2D eigenvalue weighted by Crippen LogP contribution is 2.33. The van der Waals surface area contributed by atoms with Crippen LogP contribution in [0.25, 0.3) is 22.5 Å². The summed E-state index contributed by atoms with van der Waals surface area (Å²) in [5, 5.41) is 19.6. The zero-order chi connectivity index (χ0) is 29.6. The summed E-state index contributed by atoms with van der Waals surface area (Å²) in [6.07, 6.45) is 13.8. The average molecular weight is 604 g/mol. The van der Waals surface area contributed by atoms with Gasteiger partial charge in [0, 0.05) is 50.9 Å². The fourth-order valence-corrected chi connectivity index (χ4v) is 6.55. The maximum absolute atomic E-state index is 12.0. The topological polar surface area (TPSA) is 126 Å². The first-order chi connectivity index (χ1) is 20.3. The molecule has 5 heterocycles. The Labute approximate surface area is 254 Å². The number of anilines is 3. The number of hydrogen-bond acceptors (Lipinski definition) is 10. The van der Waals surface area contributed by atoms with Gasteiger partial charge in [-0.05, 0) is 45.7 Å². The van der Waals surface area contributed by atoms with Gasteiger partial charge < -0.3 is 10.6 Å². The molecule has 1 aliphatic carbocycles. The van der Waals surface area contributed by atoms with E-state index in [-0.39, 0.29) is 11.8 Å². The lowest BCUT2D eigenvalue weighted by Gasteiger charge is -2.22. The molecule has 0 spiro atoms. The standard InChI is InChI=1S/C17H19N5OS.C13H18N4S/c1-10(2)16(23)22-9-13(8-18-22)15-12(4)24-17(21-15)20-14-7-5-6-11(3)19-14;1-9-12(10-7-14-15-8-10)17-13(18-9)16-11-5-3-2-4-6-11/h5-10H,1-4H3,(H,19,20,21);7-8,11H,2-6H2,1H3,(H,14,15)(H,16,17). The van der Waals surface area contributed by atoms with E-state index in [4.69, 9.17) is 4.98 Å². The highest BCUT2D eigenvalue weighted by atomic mass is 32.1. The zero-order valence-corrected chi connectivity index (χ0v) is 26.3. The van der Waals surface area contributed by atoms with Crippen LogP contribution in [0.3, 0.4) is 0 Å². The van der Waals surface area contributed by atoms with Gasteiger partial charge in [-0.2, -0.15) is 10.2 Å². The SMILES string of the molecule is Cc1cccc(Nc2nc(-c3cnn(C(=O)C(C)C)c3)c(C)s2)n1.Cc1sc(NC2CCCCC2)nc1-c1cn[nH]c1. The normalized spacial score (nSPS) is 13.6. The number of thiazole rings is 2. The van der Waals surface area contributed by atoms with E-state index in [1.54, 1.807) is 35.1 Å². The minimum absolute atomic E-state index is 0.0311. The highest BCUT2D eigenvalue weighted by molar-refractivity contribution is 7.16. The maximum Gasteiger partial charge on any atom is 0.249 e. The number of carbonyl (C=O) groups excluding carboxylic acids is 1. The number of nitrogens with one attached hydrogen (secondary N) is 3. The number of carbonyl (C=O) groups is 1. The molecule has 5 aromatic rings. The number of pyridine rings is 1. The van der Waals surface area contributed by atoms with Gasteiger partial charge in [0.05, 0.1) is 23.8 Å². The number of aromatic nitrogens is 7. The van der Waals surface area contributed by atoms with E-state index in [1.807, 2.05) is 58.3 Å². The summed E-state index contributed by atoms with van der Waals surface area (Å²) in [5.74, 6) is 0.635. The molecule has 42 heavy (non-hydrogen) atoms. The molecule has 10 nitrogen and oxygen atoms in total. The minimum atomic E-state index is -0.0982. The Kier molecular flexibility index (Phi) is 9.43. The summed E-state index contributed by atoms with van der Waals surface area (Å²) in [7, 11) is 0. The van der Waals surface area contributed by atoms with E-state index in [9.17, 15) is 4.79 Å². The maximum atomic E-state index is 12.0. The van der Waals surface area contributed by atoms with Crippen LogP contribution in [0, 0.1) is 26.7 Å². The first-order valence-corrected chi connectivity index (χ1v) is 15.9. The van der Waals surface area contributed by atoms with Gasteiger partial charge in [-0.1, -0.05) is 39.2 Å². The summed E-state index contributed by atoms with van der Waals surface area (Å²) in [4.78, 5) is 28.1. The van der Waals surface area contributed by atoms with E-state index in [0.29, 0.717) is 6.04 Å². The molecule has 0 aromatic carbocycles. The Morgan fingerprint density at radius 3 is 2.36 bits per heavy atom. The van der Waals surface area contributed by atoms with Crippen LogP contribution in [0.15, 0.2) is 43.0 Å². The molecule has 1 fully saturated rings. The predicted octanol–water partition coefficient (Wildman–Crippen LogP) is 7.64. The number of aromatic amines is 1. The molecule has 5 aromatic heterocycles. The third-order valence-corrected chi connectivity index (χ3v) is 8.78. The van der Waals surface area contributed by atoms with Crippen LogP contribution in [0.5, 0.6) is 0 Å². The minimum Gasteiger partial charge on any atom is -0.359 e. The molecule has 12 heteroatoms. The molecule has 220 valence electrons. The van der Waals surface area contributed by atoms with Gasteiger partial charge in [0.15, 0.2) is 10.3 Å². The Bertz CT molecular complexity index is 1610. The van der Waals surface area contributed by atoms with Gasteiger partial charge in [0.1, 0.15) is 5.82 Å². The van der Waals surface area contributed by atoms with Crippen molar-refractivity contribution in [1.29, 1.82) is 0 Å². The molecule has 0 bridgehead atoms. The van der Waals surface area contributed by atoms with Gasteiger partial charge in [0.25, 0.3) is 0 Å². The van der Waals surface area contributed by atoms with Crippen LogP contribution in [-0.2, 0) is 0 Å². The average Bonchev–Trinajstić information content (AvgIpc) is 3.77. The number of rotatable bonds is 7. The Hall–Kier alpha value is -3.90. The van der Waals surface area contributed by atoms with Crippen molar-refractivity contribution < 1.29 is 4.79 Å². The van der Waals surface area contributed by atoms with E-state index < -0.39 is 0 Å². The third-order valence-electron chi connectivity index (χ3n) is 7.00. The van der Waals surface area contributed by atoms with Crippen LogP contribution >= 0.6 is 22.7 Å². The van der Waals surface area contributed by atoms with Crippen molar-refractivity contribution >= 4 is 44.7 Å². The lowest BCUT2D eigenvalue weighted by atomic mass is 9.96. The largest absolute Gasteiger partial charge is 0.359 e. The van der Waals surface area contributed by atoms with Crippen molar-refractivity contribution in [2.24, 2.45) is 5.92 Å². The van der Waals surface area contributed by atoms with Crippen LogP contribution in [0.4, 0.5) is 16.1 Å². The Morgan fingerprint density at radius 1 is 0.952 bits per heavy atom. The fourth-order valence-electron chi connectivity index (χ4n) is 4.80. The molecule has 0 unspecified atom stereocenters. The van der Waals surface area contributed by atoms with Gasteiger partial charge in [0.2, 0.25) is 5.91 Å².